The van der Waals surface area contributed by atoms with E-state index in [-0.39, 0.29) is 18.0 Å². The maximum absolute atomic E-state index is 12.5. The topological polar surface area (TPSA) is 48.9 Å². The van der Waals surface area contributed by atoms with Gasteiger partial charge in [-0.2, -0.15) is 0 Å². The molecule has 0 unspecified atom stereocenters. The van der Waals surface area contributed by atoms with Crippen LogP contribution in [0.1, 0.15) is 47.6 Å². The highest BCUT2D eigenvalue weighted by molar-refractivity contribution is 5.97. The second-order valence-electron chi connectivity index (χ2n) is 5.80. The van der Waals surface area contributed by atoms with Crippen LogP contribution >= 0.6 is 0 Å². The van der Waals surface area contributed by atoms with E-state index in [0.717, 1.165) is 36.3 Å². The van der Waals surface area contributed by atoms with E-state index in [1.807, 2.05) is 19.9 Å². The summed E-state index contributed by atoms with van der Waals surface area (Å²) in [6, 6.07) is 2.27. The Morgan fingerprint density at radius 1 is 1.29 bits per heavy atom. The summed E-state index contributed by atoms with van der Waals surface area (Å²) in [6.45, 7) is 6.99. The van der Waals surface area contributed by atoms with Crippen molar-refractivity contribution in [3.05, 3.63) is 45.9 Å². The van der Waals surface area contributed by atoms with Gasteiger partial charge in [-0.15, -0.1) is 0 Å². The molecule has 0 aliphatic heterocycles. The van der Waals surface area contributed by atoms with Crippen LogP contribution in [0, 0.1) is 13.8 Å². The highest BCUT2D eigenvalue weighted by atomic mass is 16.2. The maximum Gasteiger partial charge on any atom is 0.328 e. The highest BCUT2D eigenvalue weighted by Gasteiger charge is 2.26. The molecule has 5 nitrogen and oxygen atoms in total. The predicted octanol–water partition coefficient (Wildman–Crippen LogP) is 2.31. The summed E-state index contributed by atoms with van der Waals surface area (Å²) in [5, 5.41) is 0. The molecule has 0 aromatic carbocycles. The number of rotatable bonds is 5. The SMILES string of the molecule is CCn1c(C)cc(C(=O)Cn2ccn(C3CC3)c2=O)c1C. The largest absolute Gasteiger partial charge is 0.349 e. The zero-order valence-corrected chi connectivity index (χ0v) is 12.8. The molecular formula is C16H21N3O2. The van der Waals surface area contributed by atoms with Gasteiger partial charge in [0, 0.05) is 41.9 Å². The monoisotopic (exact) mass is 287 g/mol. The fourth-order valence-corrected chi connectivity index (χ4v) is 2.99. The van der Waals surface area contributed by atoms with Crippen LogP contribution < -0.4 is 5.69 Å². The minimum absolute atomic E-state index is 0.00144. The molecule has 0 spiro atoms. The third kappa shape index (κ3) is 2.37. The Morgan fingerprint density at radius 3 is 2.57 bits per heavy atom. The standard InChI is InChI=1S/C16H21N3O2/c1-4-18-11(2)9-14(12(18)3)15(20)10-17-7-8-19(16(17)21)13-5-6-13/h7-9,13H,4-6,10H2,1-3H3. The van der Waals surface area contributed by atoms with Crippen LogP contribution in [0.5, 0.6) is 0 Å². The number of nitrogens with zero attached hydrogens (tertiary/aromatic N) is 3. The molecule has 21 heavy (non-hydrogen) atoms. The normalized spacial score (nSPS) is 14.6. The van der Waals surface area contributed by atoms with Gasteiger partial charge in [-0.3, -0.25) is 13.9 Å². The Balaban J connectivity index is 1.85. The summed E-state index contributed by atoms with van der Waals surface area (Å²) in [6.07, 6.45) is 5.64. The number of hydrogen-bond donors (Lipinski definition) is 0. The van der Waals surface area contributed by atoms with Gasteiger partial charge in [0.15, 0.2) is 5.78 Å². The number of hydrogen-bond acceptors (Lipinski definition) is 2. The molecule has 1 aliphatic rings. The molecule has 0 amide bonds. The van der Waals surface area contributed by atoms with Crippen LogP contribution in [0.3, 0.4) is 0 Å². The third-order valence-electron chi connectivity index (χ3n) is 4.32. The molecular weight excluding hydrogens is 266 g/mol. The van der Waals surface area contributed by atoms with Crippen LogP contribution in [0.15, 0.2) is 23.3 Å². The molecule has 3 rings (SSSR count). The first-order chi connectivity index (χ1) is 10.0. The van der Waals surface area contributed by atoms with Crippen molar-refractivity contribution in [1.29, 1.82) is 0 Å². The number of aryl methyl sites for hydroxylation is 1. The summed E-state index contributed by atoms with van der Waals surface area (Å²) in [7, 11) is 0. The molecule has 1 fully saturated rings. The zero-order valence-electron chi connectivity index (χ0n) is 12.8. The average molecular weight is 287 g/mol. The van der Waals surface area contributed by atoms with Crippen molar-refractivity contribution in [3.63, 3.8) is 0 Å². The van der Waals surface area contributed by atoms with Crippen LogP contribution in [-0.2, 0) is 13.1 Å². The molecule has 0 atom stereocenters. The van der Waals surface area contributed by atoms with Gasteiger partial charge in [0.05, 0.1) is 6.54 Å². The fraction of sp³-hybridized carbons (Fsp3) is 0.500. The van der Waals surface area contributed by atoms with Crippen LogP contribution in [-0.4, -0.2) is 19.5 Å². The summed E-state index contributed by atoms with van der Waals surface area (Å²) in [5.74, 6) is -0.00144. The van der Waals surface area contributed by atoms with E-state index >= 15 is 0 Å². The lowest BCUT2D eigenvalue weighted by molar-refractivity contribution is 0.0970. The van der Waals surface area contributed by atoms with Crippen molar-refractivity contribution in [2.24, 2.45) is 0 Å². The number of imidazole rings is 1. The maximum atomic E-state index is 12.5. The zero-order chi connectivity index (χ0) is 15.1. The first kappa shape index (κ1) is 13.9. The Kier molecular flexibility index (Phi) is 3.35. The van der Waals surface area contributed by atoms with Gasteiger partial charge in [0.2, 0.25) is 0 Å². The quantitative estimate of drug-likeness (QED) is 0.792. The molecule has 1 saturated carbocycles. The summed E-state index contributed by atoms with van der Waals surface area (Å²) < 4.78 is 5.37. The van der Waals surface area contributed by atoms with Crippen LogP contribution in [0.4, 0.5) is 0 Å². The Morgan fingerprint density at radius 2 is 2.00 bits per heavy atom. The number of ketones is 1. The van der Waals surface area contributed by atoms with E-state index in [9.17, 15) is 9.59 Å². The van der Waals surface area contributed by atoms with E-state index in [1.54, 1.807) is 17.0 Å². The molecule has 2 aromatic heterocycles. The minimum Gasteiger partial charge on any atom is -0.349 e. The Hall–Kier alpha value is -2.04. The third-order valence-corrected chi connectivity index (χ3v) is 4.32. The molecule has 2 heterocycles. The fourth-order valence-electron chi connectivity index (χ4n) is 2.99. The molecule has 2 aromatic rings. The number of aromatic nitrogens is 3. The lowest BCUT2D eigenvalue weighted by Crippen LogP contribution is -2.26. The van der Waals surface area contributed by atoms with Gasteiger partial charge >= 0.3 is 5.69 Å². The minimum atomic E-state index is -0.0739. The van der Waals surface area contributed by atoms with E-state index in [0.29, 0.717) is 6.04 Å². The van der Waals surface area contributed by atoms with Gasteiger partial charge in [-0.1, -0.05) is 0 Å². The van der Waals surface area contributed by atoms with E-state index in [1.165, 1.54) is 4.57 Å². The number of Topliss-reactive ketones (excluding diaryl/α,β-unsaturated/α-hetero) is 1. The lowest BCUT2D eigenvalue weighted by Gasteiger charge is -2.06. The Labute approximate surface area is 123 Å². The molecule has 0 radical (unpaired) electrons. The van der Waals surface area contributed by atoms with Gasteiger partial charge in [-0.05, 0) is 39.7 Å². The van der Waals surface area contributed by atoms with Crippen LogP contribution in [0.2, 0.25) is 0 Å². The number of carbonyl (C=O) groups excluding carboxylic acids is 1. The van der Waals surface area contributed by atoms with Crippen molar-refractivity contribution < 1.29 is 4.79 Å². The summed E-state index contributed by atoms with van der Waals surface area (Å²) >= 11 is 0. The van der Waals surface area contributed by atoms with Gasteiger partial charge in [-0.25, -0.2) is 4.79 Å². The van der Waals surface area contributed by atoms with Crippen molar-refractivity contribution in [2.45, 2.75) is 52.7 Å². The smallest absolute Gasteiger partial charge is 0.328 e. The van der Waals surface area contributed by atoms with E-state index < -0.39 is 0 Å². The summed E-state index contributed by atoms with van der Waals surface area (Å²) in [4.78, 5) is 24.7. The first-order valence-electron chi connectivity index (χ1n) is 7.50. The van der Waals surface area contributed by atoms with E-state index in [2.05, 4.69) is 11.5 Å². The van der Waals surface area contributed by atoms with Crippen molar-refractivity contribution >= 4 is 5.78 Å². The highest BCUT2D eigenvalue weighted by Crippen LogP contribution is 2.33. The van der Waals surface area contributed by atoms with Crippen molar-refractivity contribution in [2.75, 3.05) is 0 Å². The average Bonchev–Trinajstić information content (AvgIpc) is 3.16. The van der Waals surface area contributed by atoms with Gasteiger partial charge < -0.3 is 4.57 Å². The first-order valence-corrected chi connectivity index (χ1v) is 7.50. The van der Waals surface area contributed by atoms with Gasteiger partial charge in [0.25, 0.3) is 0 Å². The lowest BCUT2D eigenvalue weighted by atomic mass is 10.1. The number of carbonyl (C=O) groups is 1. The second-order valence-corrected chi connectivity index (χ2v) is 5.80. The molecule has 0 bridgehead atoms. The predicted molar refractivity (Wildman–Crippen MR) is 80.9 cm³/mol. The molecule has 112 valence electrons. The molecule has 0 saturated heterocycles. The second kappa shape index (κ2) is 5.06. The molecule has 5 heteroatoms. The Bertz CT molecular complexity index is 744. The molecule has 1 aliphatic carbocycles. The van der Waals surface area contributed by atoms with E-state index in [4.69, 9.17) is 0 Å². The molecule has 0 N–H and O–H groups in total. The van der Waals surface area contributed by atoms with Crippen molar-refractivity contribution in [3.8, 4) is 0 Å². The summed E-state index contributed by atoms with van der Waals surface area (Å²) in [5.41, 5.74) is 2.71. The van der Waals surface area contributed by atoms with Crippen molar-refractivity contribution in [1.82, 2.24) is 13.7 Å². The van der Waals surface area contributed by atoms with Gasteiger partial charge in [0.1, 0.15) is 0 Å². The van der Waals surface area contributed by atoms with Crippen LogP contribution in [0.25, 0.3) is 0 Å².